The Bertz CT molecular complexity index is 839. The molecule has 4 atom stereocenters. The number of amides is 1. The molecule has 1 amide bonds. The van der Waals surface area contributed by atoms with E-state index in [0.717, 1.165) is 24.8 Å². The molecule has 1 aliphatic carbocycles. The van der Waals surface area contributed by atoms with Crippen LogP contribution in [0, 0.1) is 5.92 Å². The fourth-order valence-electron chi connectivity index (χ4n) is 4.59. The Kier molecular flexibility index (Phi) is 9.82. The molecular formula is C26H37NO7. The van der Waals surface area contributed by atoms with Crippen molar-refractivity contribution in [3.05, 3.63) is 59.7 Å². The predicted molar refractivity (Wildman–Crippen MR) is 127 cm³/mol. The minimum absolute atomic E-state index is 0.0521. The zero-order valence-electron chi connectivity index (χ0n) is 20.1. The van der Waals surface area contributed by atoms with Crippen molar-refractivity contribution >= 4 is 5.91 Å². The van der Waals surface area contributed by atoms with Crippen LogP contribution in [0.1, 0.15) is 31.7 Å². The summed E-state index contributed by atoms with van der Waals surface area (Å²) < 4.78 is 21.7. The van der Waals surface area contributed by atoms with Gasteiger partial charge in [-0.25, -0.2) is 0 Å². The fraction of sp³-hybridized carbons (Fsp3) is 0.577. The van der Waals surface area contributed by atoms with Gasteiger partial charge in [-0.1, -0.05) is 42.5 Å². The third kappa shape index (κ3) is 6.13. The Balaban J connectivity index is 1.74. The van der Waals surface area contributed by atoms with Gasteiger partial charge in [-0.2, -0.15) is 0 Å². The van der Waals surface area contributed by atoms with E-state index in [-0.39, 0.29) is 31.5 Å². The second kappa shape index (κ2) is 12.6. The molecule has 0 spiro atoms. The summed E-state index contributed by atoms with van der Waals surface area (Å²) in [5, 5.41) is 26.0. The molecular weight excluding hydrogens is 438 g/mol. The summed E-state index contributed by atoms with van der Waals surface area (Å²) in [5.41, 5.74) is -1.97. The number of allylic oxidation sites excluding steroid dienone is 1. The van der Waals surface area contributed by atoms with E-state index in [1.165, 1.54) is 0 Å². The van der Waals surface area contributed by atoms with E-state index in [4.69, 9.17) is 18.9 Å². The standard InChI is InChI=1S/C26H37NO7/c1-25(30)22(13-14-32-17-20-9-5-3-6-10-20)24(29)27-26(25,18-34-19-33-16-15-31-2)23(28)21-11-7-4-8-12-21/h3,5-7,9-11,13,21,23,28,30H,4,8,12,14-19H2,1-2H3,(H,27,29)/b22-13-/t21-,23+,25+,26-/m1/s1. The highest BCUT2D eigenvalue weighted by atomic mass is 16.7. The van der Waals surface area contributed by atoms with Gasteiger partial charge in [-0.05, 0) is 37.8 Å². The molecule has 1 saturated heterocycles. The van der Waals surface area contributed by atoms with Crippen molar-refractivity contribution in [3.8, 4) is 0 Å². The van der Waals surface area contributed by atoms with Crippen LogP contribution < -0.4 is 5.32 Å². The third-order valence-corrected chi connectivity index (χ3v) is 6.62. The van der Waals surface area contributed by atoms with Gasteiger partial charge in [0.1, 0.15) is 17.9 Å². The quantitative estimate of drug-likeness (QED) is 0.174. The minimum atomic E-state index is -1.70. The van der Waals surface area contributed by atoms with Gasteiger partial charge in [0.05, 0.1) is 39.1 Å². The van der Waals surface area contributed by atoms with Crippen molar-refractivity contribution in [1.82, 2.24) is 5.32 Å². The van der Waals surface area contributed by atoms with E-state index in [1.807, 2.05) is 42.5 Å². The van der Waals surface area contributed by atoms with Gasteiger partial charge in [0.15, 0.2) is 0 Å². The maximum Gasteiger partial charge on any atom is 0.250 e. The first-order chi connectivity index (χ1) is 16.4. The molecule has 0 radical (unpaired) electrons. The summed E-state index contributed by atoms with van der Waals surface area (Å²) in [6, 6.07) is 9.71. The van der Waals surface area contributed by atoms with Crippen LogP contribution in [0.3, 0.4) is 0 Å². The van der Waals surface area contributed by atoms with Crippen molar-refractivity contribution in [3.63, 3.8) is 0 Å². The van der Waals surface area contributed by atoms with E-state index in [9.17, 15) is 15.0 Å². The highest BCUT2D eigenvalue weighted by Crippen LogP contribution is 2.42. The molecule has 2 aliphatic rings. The molecule has 188 valence electrons. The highest BCUT2D eigenvalue weighted by Gasteiger charge is 2.63. The van der Waals surface area contributed by atoms with Crippen LogP contribution in [-0.4, -0.2) is 73.7 Å². The Morgan fingerprint density at radius 2 is 2.00 bits per heavy atom. The molecule has 0 saturated carbocycles. The Hall–Kier alpha value is -2.07. The van der Waals surface area contributed by atoms with Crippen molar-refractivity contribution in [1.29, 1.82) is 0 Å². The van der Waals surface area contributed by atoms with Gasteiger partial charge < -0.3 is 34.5 Å². The number of rotatable bonds is 13. The SMILES string of the molecule is COCCOCOC[C@]1([C@@H](O)[C@@H]2C=CCCC2)NC(=O)/C(=C/COCc2ccccc2)[C@]1(C)O. The maximum absolute atomic E-state index is 13.0. The lowest BCUT2D eigenvalue weighted by Crippen LogP contribution is -2.67. The lowest BCUT2D eigenvalue weighted by atomic mass is 9.71. The lowest BCUT2D eigenvalue weighted by molar-refractivity contribution is -0.143. The molecule has 1 aromatic rings. The number of hydrogen-bond donors (Lipinski definition) is 3. The van der Waals surface area contributed by atoms with Gasteiger partial charge >= 0.3 is 0 Å². The molecule has 1 aliphatic heterocycles. The predicted octanol–water partition coefficient (Wildman–Crippen LogP) is 2.10. The van der Waals surface area contributed by atoms with Crippen molar-refractivity contribution in [2.45, 2.75) is 50.0 Å². The minimum Gasteiger partial charge on any atom is -0.390 e. The van der Waals surface area contributed by atoms with E-state index in [1.54, 1.807) is 20.1 Å². The van der Waals surface area contributed by atoms with Crippen LogP contribution in [0.15, 0.2) is 54.1 Å². The van der Waals surface area contributed by atoms with Crippen LogP contribution in [-0.2, 0) is 30.3 Å². The molecule has 0 unspecified atom stereocenters. The van der Waals surface area contributed by atoms with Crippen LogP contribution in [0.2, 0.25) is 0 Å². The second-order valence-electron chi connectivity index (χ2n) is 8.95. The zero-order chi connectivity index (χ0) is 24.4. The van der Waals surface area contributed by atoms with Gasteiger partial charge in [0.25, 0.3) is 5.91 Å². The molecule has 0 aromatic heterocycles. The van der Waals surface area contributed by atoms with Crippen LogP contribution >= 0.6 is 0 Å². The summed E-state index contributed by atoms with van der Waals surface area (Å²) in [4.78, 5) is 13.0. The zero-order valence-corrected chi connectivity index (χ0v) is 20.1. The van der Waals surface area contributed by atoms with Gasteiger partial charge in [-0.3, -0.25) is 4.79 Å². The van der Waals surface area contributed by atoms with Gasteiger partial charge in [0.2, 0.25) is 0 Å². The molecule has 1 aromatic carbocycles. The average molecular weight is 476 g/mol. The summed E-state index contributed by atoms with van der Waals surface area (Å²) >= 11 is 0. The van der Waals surface area contributed by atoms with E-state index < -0.39 is 23.2 Å². The van der Waals surface area contributed by atoms with Crippen molar-refractivity contribution < 1.29 is 34.0 Å². The molecule has 0 bridgehead atoms. The summed E-state index contributed by atoms with van der Waals surface area (Å²) in [6.07, 6.45) is 7.15. The monoisotopic (exact) mass is 475 g/mol. The number of ether oxygens (including phenoxy) is 4. The molecule has 3 N–H and O–H groups in total. The highest BCUT2D eigenvalue weighted by molar-refractivity contribution is 6.00. The number of aliphatic hydroxyl groups excluding tert-OH is 1. The van der Waals surface area contributed by atoms with Crippen molar-refractivity contribution in [2.75, 3.05) is 40.3 Å². The third-order valence-electron chi connectivity index (χ3n) is 6.62. The van der Waals surface area contributed by atoms with Crippen LogP contribution in [0.5, 0.6) is 0 Å². The lowest BCUT2D eigenvalue weighted by Gasteiger charge is -2.45. The smallest absolute Gasteiger partial charge is 0.250 e. The first kappa shape index (κ1) is 26.5. The molecule has 1 fully saturated rings. The molecule has 34 heavy (non-hydrogen) atoms. The second-order valence-corrected chi connectivity index (χ2v) is 8.95. The number of methoxy groups -OCH3 is 1. The molecule has 3 rings (SSSR count). The fourth-order valence-corrected chi connectivity index (χ4v) is 4.59. The average Bonchev–Trinajstić information content (AvgIpc) is 3.04. The summed E-state index contributed by atoms with van der Waals surface area (Å²) in [5.74, 6) is -0.664. The topological polar surface area (TPSA) is 106 Å². The largest absolute Gasteiger partial charge is 0.390 e. The molecule has 8 heteroatoms. The number of carbonyl (C=O) groups excluding carboxylic acids is 1. The van der Waals surface area contributed by atoms with Crippen LogP contribution in [0.25, 0.3) is 0 Å². The van der Waals surface area contributed by atoms with E-state index in [2.05, 4.69) is 5.32 Å². The van der Waals surface area contributed by atoms with E-state index >= 15 is 0 Å². The Morgan fingerprint density at radius 1 is 1.21 bits per heavy atom. The number of aliphatic hydroxyl groups is 2. The molecule has 1 heterocycles. The normalized spacial score (nSPS) is 28.9. The first-order valence-corrected chi connectivity index (χ1v) is 11.8. The van der Waals surface area contributed by atoms with Gasteiger partial charge in [-0.15, -0.1) is 0 Å². The Morgan fingerprint density at radius 3 is 2.71 bits per heavy atom. The number of nitrogens with one attached hydrogen (secondary N) is 1. The summed E-state index contributed by atoms with van der Waals surface area (Å²) in [6.45, 7) is 2.68. The number of hydrogen-bond acceptors (Lipinski definition) is 7. The maximum atomic E-state index is 13.0. The first-order valence-electron chi connectivity index (χ1n) is 11.8. The number of benzene rings is 1. The van der Waals surface area contributed by atoms with Gasteiger partial charge in [0, 0.05) is 18.6 Å². The Labute approximate surface area is 201 Å². The van der Waals surface area contributed by atoms with Crippen LogP contribution in [0.4, 0.5) is 0 Å². The summed E-state index contributed by atoms with van der Waals surface area (Å²) in [7, 11) is 1.58. The number of carbonyl (C=O) groups is 1. The molecule has 8 nitrogen and oxygen atoms in total. The van der Waals surface area contributed by atoms with Crippen molar-refractivity contribution in [2.24, 2.45) is 5.92 Å². The van der Waals surface area contributed by atoms with E-state index in [0.29, 0.717) is 19.8 Å².